The van der Waals surface area contributed by atoms with E-state index in [9.17, 15) is 4.79 Å². The maximum absolute atomic E-state index is 12.5. The third-order valence-corrected chi connectivity index (χ3v) is 6.61. The highest BCUT2D eigenvalue weighted by Crippen LogP contribution is 2.39. The van der Waals surface area contributed by atoms with E-state index < -0.39 is 0 Å². The van der Waals surface area contributed by atoms with Crippen LogP contribution in [0.25, 0.3) is 11.6 Å². The lowest BCUT2D eigenvalue weighted by atomic mass is 9.88. The average Bonchev–Trinajstić information content (AvgIpc) is 2.99. The Kier molecular flexibility index (Phi) is 5.56. The van der Waals surface area contributed by atoms with Crippen molar-refractivity contribution in [1.82, 2.24) is 5.32 Å². The van der Waals surface area contributed by atoms with Crippen molar-refractivity contribution in [3.8, 4) is 0 Å². The smallest absolute Gasteiger partial charge is 0.264 e. The minimum absolute atomic E-state index is 0.00742. The molecule has 2 aromatic carbocycles. The van der Waals surface area contributed by atoms with E-state index in [1.807, 2.05) is 18.2 Å². The molecule has 0 aromatic heterocycles. The van der Waals surface area contributed by atoms with E-state index in [1.165, 1.54) is 28.6 Å². The Morgan fingerprint density at radius 2 is 1.81 bits per heavy atom. The first-order valence-electron chi connectivity index (χ1n) is 10.7. The minimum atomic E-state index is -0.102. The first kappa shape index (κ1) is 21.4. The number of carbonyl (C=O) groups is 1. The predicted molar refractivity (Wildman–Crippen MR) is 134 cm³/mol. The number of aliphatic imine (C=N–C) groups is 1. The summed E-state index contributed by atoms with van der Waals surface area (Å²) in [5, 5.41) is 3.52. The lowest BCUT2D eigenvalue weighted by Gasteiger charge is -2.42. The zero-order chi connectivity index (χ0) is 22.3. The highest BCUT2D eigenvalue weighted by Gasteiger charge is 2.30. The van der Waals surface area contributed by atoms with Crippen LogP contribution in [0.15, 0.2) is 52.4 Å². The minimum Gasteiger partial charge on any atom is -0.363 e. The second kappa shape index (κ2) is 8.04. The number of aryl methyl sites for hydroxylation is 2. The molecule has 2 aromatic rings. The summed E-state index contributed by atoms with van der Waals surface area (Å²) in [5.74, 6) is -0.102. The number of allylic oxidation sites excluding steroid dienone is 1. The van der Waals surface area contributed by atoms with Gasteiger partial charge in [0.25, 0.3) is 5.91 Å². The van der Waals surface area contributed by atoms with Gasteiger partial charge in [-0.2, -0.15) is 0 Å². The number of amides is 1. The molecule has 0 atom stereocenters. The Labute approximate surface area is 189 Å². The van der Waals surface area contributed by atoms with Gasteiger partial charge in [0.05, 0.1) is 16.1 Å². The molecule has 0 radical (unpaired) electrons. The first-order valence-corrected chi connectivity index (χ1v) is 11.5. The van der Waals surface area contributed by atoms with Crippen LogP contribution in [0.4, 0.5) is 11.4 Å². The predicted octanol–water partition coefficient (Wildman–Crippen LogP) is 6.22. The SMILES string of the molecule is CCN1c2ccc(/C=C3/SC(=Nc4cc(C)cc(C)c4)NC3=O)cc2C(C)=CC1(C)C. The number of benzene rings is 2. The molecule has 2 aliphatic heterocycles. The average molecular weight is 432 g/mol. The Morgan fingerprint density at radius 1 is 1.10 bits per heavy atom. The van der Waals surface area contributed by atoms with Gasteiger partial charge in [-0.1, -0.05) is 18.2 Å². The molecular formula is C26H29N3OS. The summed E-state index contributed by atoms with van der Waals surface area (Å²) in [7, 11) is 0. The Balaban J connectivity index is 1.63. The Hall–Kier alpha value is -2.79. The molecule has 0 bridgehead atoms. The normalized spacial score (nSPS) is 20.1. The van der Waals surface area contributed by atoms with E-state index in [0.717, 1.165) is 28.9 Å². The molecule has 1 saturated heterocycles. The second-order valence-electron chi connectivity index (χ2n) is 8.83. The van der Waals surface area contributed by atoms with Gasteiger partial charge < -0.3 is 10.2 Å². The molecular weight excluding hydrogens is 402 g/mol. The largest absolute Gasteiger partial charge is 0.363 e. The van der Waals surface area contributed by atoms with E-state index in [2.05, 4.69) is 87.1 Å². The number of likely N-dealkylation sites (N-methyl/N-ethyl adjacent to an activating group) is 1. The molecule has 4 nitrogen and oxygen atoms in total. The van der Waals surface area contributed by atoms with Crippen LogP contribution < -0.4 is 10.2 Å². The van der Waals surface area contributed by atoms with Crippen molar-refractivity contribution >= 4 is 45.9 Å². The topological polar surface area (TPSA) is 44.7 Å². The number of fused-ring (bicyclic) bond motifs is 1. The van der Waals surface area contributed by atoms with Crippen molar-refractivity contribution in [2.45, 2.75) is 47.1 Å². The van der Waals surface area contributed by atoms with E-state index in [1.54, 1.807) is 0 Å². The van der Waals surface area contributed by atoms with Crippen LogP contribution in [0.1, 0.15) is 49.9 Å². The Bertz CT molecular complexity index is 1140. The lowest BCUT2D eigenvalue weighted by molar-refractivity contribution is -0.115. The number of nitrogens with one attached hydrogen (secondary N) is 1. The molecule has 1 N–H and O–H groups in total. The third kappa shape index (κ3) is 4.33. The van der Waals surface area contributed by atoms with Gasteiger partial charge in [-0.3, -0.25) is 4.79 Å². The Morgan fingerprint density at radius 3 is 2.48 bits per heavy atom. The van der Waals surface area contributed by atoms with Gasteiger partial charge in [0.1, 0.15) is 0 Å². The number of carbonyl (C=O) groups excluding carboxylic acids is 1. The molecule has 5 heteroatoms. The van der Waals surface area contributed by atoms with Crippen LogP contribution >= 0.6 is 11.8 Å². The quantitative estimate of drug-likeness (QED) is 0.587. The molecule has 2 heterocycles. The number of amidine groups is 1. The summed E-state index contributed by atoms with van der Waals surface area (Å²) in [6.07, 6.45) is 4.27. The van der Waals surface area contributed by atoms with E-state index in [0.29, 0.717) is 10.1 Å². The monoisotopic (exact) mass is 431 g/mol. The van der Waals surface area contributed by atoms with Crippen molar-refractivity contribution < 1.29 is 4.79 Å². The van der Waals surface area contributed by atoms with Gasteiger partial charge in [0.2, 0.25) is 0 Å². The maximum atomic E-state index is 12.5. The van der Waals surface area contributed by atoms with Gasteiger partial charge in [0, 0.05) is 17.8 Å². The molecule has 2 aliphatic rings. The molecule has 0 unspecified atom stereocenters. The fourth-order valence-electron chi connectivity index (χ4n) is 4.53. The number of hydrogen-bond acceptors (Lipinski definition) is 4. The van der Waals surface area contributed by atoms with E-state index in [-0.39, 0.29) is 11.4 Å². The van der Waals surface area contributed by atoms with Crippen molar-refractivity contribution in [3.63, 3.8) is 0 Å². The summed E-state index contributed by atoms with van der Waals surface area (Å²) in [6, 6.07) is 12.6. The standard InChI is InChI=1S/C26H29N3OS/c1-7-29-22-9-8-19(13-21(22)18(4)15-26(29,5)6)14-23-24(30)28-25(31-23)27-20-11-16(2)10-17(3)12-20/h8-15H,7H2,1-6H3,(H,27,28,30)/b23-14+. The van der Waals surface area contributed by atoms with Gasteiger partial charge in [-0.15, -0.1) is 0 Å². The summed E-state index contributed by atoms with van der Waals surface area (Å²) in [4.78, 5) is 20.3. The molecule has 0 spiro atoms. The van der Waals surface area contributed by atoms with E-state index >= 15 is 0 Å². The number of hydrogen-bond donors (Lipinski definition) is 1. The first-order chi connectivity index (χ1) is 14.7. The molecule has 160 valence electrons. The van der Waals surface area contributed by atoms with Crippen molar-refractivity contribution in [2.24, 2.45) is 4.99 Å². The fourth-order valence-corrected chi connectivity index (χ4v) is 5.37. The van der Waals surface area contributed by atoms with Crippen LogP contribution in [0.2, 0.25) is 0 Å². The summed E-state index contributed by atoms with van der Waals surface area (Å²) in [5.41, 5.74) is 7.93. The molecule has 31 heavy (non-hydrogen) atoms. The number of rotatable bonds is 3. The van der Waals surface area contributed by atoms with Crippen molar-refractivity contribution in [1.29, 1.82) is 0 Å². The fraction of sp³-hybridized carbons (Fsp3) is 0.308. The van der Waals surface area contributed by atoms with Crippen LogP contribution in [0.5, 0.6) is 0 Å². The van der Waals surface area contributed by atoms with Gasteiger partial charge in [-0.25, -0.2) is 4.99 Å². The molecule has 0 aliphatic carbocycles. The molecule has 1 amide bonds. The highest BCUT2D eigenvalue weighted by molar-refractivity contribution is 8.18. The summed E-state index contributed by atoms with van der Waals surface area (Å²) < 4.78 is 0. The van der Waals surface area contributed by atoms with Crippen LogP contribution in [-0.2, 0) is 4.79 Å². The van der Waals surface area contributed by atoms with Crippen molar-refractivity contribution in [3.05, 3.63) is 69.6 Å². The van der Waals surface area contributed by atoms with Crippen LogP contribution in [0.3, 0.4) is 0 Å². The maximum Gasteiger partial charge on any atom is 0.264 e. The molecule has 1 fully saturated rings. The zero-order valence-electron chi connectivity index (χ0n) is 19.0. The van der Waals surface area contributed by atoms with Crippen LogP contribution in [0, 0.1) is 13.8 Å². The van der Waals surface area contributed by atoms with Crippen LogP contribution in [-0.4, -0.2) is 23.2 Å². The number of anilines is 1. The molecule has 0 saturated carbocycles. The van der Waals surface area contributed by atoms with Gasteiger partial charge in [-0.05, 0) is 106 Å². The van der Waals surface area contributed by atoms with E-state index in [4.69, 9.17) is 0 Å². The van der Waals surface area contributed by atoms with Gasteiger partial charge in [0.15, 0.2) is 5.17 Å². The lowest BCUT2D eigenvalue weighted by Crippen LogP contribution is -2.44. The van der Waals surface area contributed by atoms with Crippen molar-refractivity contribution in [2.75, 3.05) is 11.4 Å². The number of thioether (sulfide) groups is 1. The highest BCUT2D eigenvalue weighted by atomic mass is 32.2. The summed E-state index contributed by atoms with van der Waals surface area (Å²) in [6.45, 7) is 13.9. The number of nitrogens with zero attached hydrogens (tertiary/aromatic N) is 2. The summed E-state index contributed by atoms with van der Waals surface area (Å²) >= 11 is 1.39. The van der Waals surface area contributed by atoms with Gasteiger partial charge >= 0.3 is 0 Å². The zero-order valence-corrected chi connectivity index (χ0v) is 19.9. The second-order valence-corrected chi connectivity index (χ2v) is 9.86. The molecule has 4 rings (SSSR count). The third-order valence-electron chi connectivity index (χ3n) is 5.70.